The fraction of sp³-hybridized carbons (Fsp3) is 0.278. The second-order valence-electron chi connectivity index (χ2n) is 5.30. The van der Waals surface area contributed by atoms with Crippen molar-refractivity contribution >= 4 is 23.4 Å². The third kappa shape index (κ3) is 4.28. The van der Waals surface area contributed by atoms with Crippen LogP contribution in [0.3, 0.4) is 0 Å². The largest absolute Gasteiger partial charge is 0.497 e. The van der Waals surface area contributed by atoms with Crippen LogP contribution in [0.15, 0.2) is 41.3 Å². The average molecular weight is 315 g/mol. The van der Waals surface area contributed by atoms with Gasteiger partial charge in [-0.2, -0.15) is 0 Å². The molecule has 0 aromatic heterocycles. The molecular weight excluding hydrogens is 294 g/mol. The van der Waals surface area contributed by atoms with E-state index >= 15 is 0 Å². The number of anilines is 1. The second kappa shape index (κ2) is 7.36. The molecule has 0 saturated carbocycles. The first-order chi connectivity index (χ1) is 10.5. The van der Waals surface area contributed by atoms with Crippen LogP contribution in [0.4, 0.5) is 5.69 Å². The summed E-state index contributed by atoms with van der Waals surface area (Å²) in [5.41, 5.74) is 4.44. The minimum absolute atomic E-state index is 0.0161. The topological polar surface area (TPSA) is 38.3 Å². The van der Waals surface area contributed by atoms with E-state index in [4.69, 9.17) is 4.74 Å². The minimum Gasteiger partial charge on any atom is -0.497 e. The predicted octanol–water partition coefficient (Wildman–Crippen LogP) is 4.35. The van der Waals surface area contributed by atoms with Crippen LogP contribution < -0.4 is 10.1 Å². The fourth-order valence-corrected chi connectivity index (χ4v) is 3.35. The van der Waals surface area contributed by atoms with E-state index in [0.717, 1.165) is 11.4 Å². The van der Waals surface area contributed by atoms with Gasteiger partial charge < -0.3 is 10.1 Å². The number of nitrogens with one attached hydrogen (secondary N) is 1. The lowest BCUT2D eigenvalue weighted by molar-refractivity contribution is -0.113. The standard InChI is InChI=1S/C18H21NO2S/c1-12-8-13(2)18(14(3)9-12)22-11-17(20)19-15-6-5-7-16(10-15)21-4/h5-10H,11H2,1-4H3,(H,19,20). The van der Waals surface area contributed by atoms with E-state index in [1.165, 1.54) is 21.6 Å². The van der Waals surface area contributed by atoms with E-state index in [0.29, 0.717) is 5.75 Å². The monoisotopic (exact) mass is 315 g/mol. The first-order valence-corrected chi connectivity index (χ1v) is 8.12. The Morgan fingerprint density at radius 3 is 2.45 bits per heavy atom. The van der Waals surface area contributed by atoms with Crippen molar-refractivity contribution in [1.29, 1.82) is 0 Å². The van der Waals surface area contributed by atoms with E-state index in [9.17, 15) is 4.79 Å². The van der Waals surface area contributed by atoms with Crippen LogP contribution in [0, 0.1) is 20.8 Å². The van der Waals surface area contributed by atoms with Crippen molar-refractivity contribution in [3.05, 3.63) is 53.1 Å². The normalized spacial score (nSPS) is 10.4. The molecule has 0 aliphatic carbocycles. The molecule has 1 N–H and O–H groups in total. The molecule has 3 nitrogen and oxygen atoms in total. The van der Waals surface area contributed by atoms with Crippen molar-refractivity contribution in [1.82, 2.24) is 0 Å². The summed E-state index contributed by atoms with van der Waals surface area (Å²) in [7, 11) is 1.61. The number of hydrogen-bond acceptors (Lipinski definition) is 3. The molecule has 116 valence electrons. The molecule has 0 aliphatic heterocycles. The molecule has 0 heterocycles. The number of methoxy groups -OCH3 is 1. The molecule has 0 saturated heterocycles. The molecule has 0 atom stereocenters. The molecule has 0 fully saturated rings. The zero-order valence-corrected chi connectivity index (χ0v) is 14.2. The maximum atomic E-state index is 12.1. The highest BCUT2D eigenvalue weighted by Gasteiger charge is 2.09. The zero-order valence-electron chi connectivity index (χ0n) is 13.4. The van der Waals surface area contributed by atoms with E-state index in [1.54, 1.807) is 18.9 Å². The summed E-state index contributed by atoms with van der Waals surface area (Å²) in [6.45, 7) is 6.26. The highest BCUT2D eigenvalue weighted by Crippen LogP contribution is 2.27. The lowest BCUT2D eigenvalue weighted by atomic mass is 10.1. The smallest absolute Gasteiger partial charge is 0.234 e. The Balaban J connectivity index is 1.98. The Morgan fingerprint density at radius 2 is 1.82 bits per heavy atom. The van der Waals surface area contributed by atoms with Gasteiger partial charge in [0.25, 0.3) is 0 Å². The Bertz CT molecular complexity index is 660. The Kier molecular flexibility index (Phi) is 5.50. The molecule has 0 unspecified atom stereocenters. The van der Waals surface area contributed by atoms with Crippen LogP contribution in [0.5, 0.6) is 5.75 Å². The fourth-order valence-electron chi connectivity index (χ4n) is 2.43. The molecule has 2 aromatic carbocycles. The van der Waals surface area contributed by atoms with Crippen molar-refractivity contribution < 1.29 is 9.53 Å². The van der Waals surface area contributed by atoms with Crippen LogP contribution in [0.25, 0.3) is 0 Å². The quantitative estimate of drug-likeness (QED) is 0.834. The number of rotatable bonds is 5. The summed E-state index contributed by atoms with van der Waals surface area (Å²) >= 11 is 1.58. The highest BCUT2D eigenvalue weighted by atomic mass is 32.2. The van der Waals surface area contributed by atoms with Gasteiger partial charge >= 0.3 is 0 Å². The number of hydrogen-bond donors (Lipinski definition) is 1. The molecule has 0 aliphatic rings. The number of thioether (sulfide) groups is 1. The van der Waals surface area contributed by atoms with Gasteiger partial charge in [-0.05, 0) is 44.0 Å². The number of benzene rings is 2. The molecule has 0 spiro atoms. The summed E-state index contributed by atoms with van der Waals surface area (Å²) in [5.74, 6) is 1.11. The summed E-state index contributed by atoms with van der Waals surface area (Å²) < 4.78 is 5.15. The summed E-state index contributed by atoms with van der Waals surface area (Å²) in [5, 5.41) is 2.90. The zero-order chi connectivity index (χ0) is 16.1. The number of carbonyl (C=O) groups excluding carboxylic acids is 1. The van der Waals surface area contributed by atoms with E-state index < -0.39 is 0 Å². The van der Waals surface area contributed by atoms with Gasteiger partial charge in [0.1, 0.15) is 5.75 Å². The average Bonchev–Trinajstić information content (AvgIpc) is 2.46. The van der Waals surface area contributed by atoms with Crippen molar-refractivity contribution in [3.63, 3.8) is 0 Å². The van der Waals surface area contributed by atoms with Crippen molar-refractivity contribution in [2.45, 2.75) is 25.7 Å². The van der Waals surface area contributed by atoms with Crippen LogP contribution >= 0.6 is 11.8 Å². The summed E-state index contributed by atoms with van der Waals surface area (Å²) in [6.07, 6.45) is 0. The Morgan fingerprint density at radius 1 is 1.14 bits per heavy atom. The summed E-state index contributed by atoms with van der Waals surface area (Å²) in [4.78, 5) is 13.3. The first kappa shape index (κ1) is 16.4. The van der Waals surface area contributed by atoms with Gasteiger partial charge in [-0.3, -0.25) is 4.79 Å². The second-order valence-corrected chi connectivity index (χ2v) is 6.28. The Hall–Kier alpha value is -1.94. The van der Waals surface area contributed by atoms with Crippen molar-refractivity contribution in [3.8, 4) is 5.75 Å². The summed E-state index contributed by atoms with van der Waals surface area (Å²) in [6, 6.07) is 11.7. The SMILES string of the molecule is COc1cccc(NC(=O)CSc2c(C)cc(C)cc2C)c1. The molecule has 4 heteroatoms. The van der Waals surface area contributed by atoms with Crippen LogP contribution in [-0.4, -0.2) is 18.8 Å². The van der Waals surface area contributed by atoms with Gasteiger partial charge in [0.2, 0.25) is 5.91 Å². The molecule has 2 rings (SSSR count). The predicted molar refractivity (Wildman–Crippen MR) is 93.0 cm³/mol. The van der Waals surface area contributed by atoms with Gasteiger partial charge in [0.05, 0.1) is 12.9 Å². The molecule has 1 amide bonds. The van der Waals surface area contributed by atoms with Crippen LogP contribution in [0.1, 0.15) is 16.7 Å². The van der Waals surface area contributed by atoms with E-state index in [1.807, 2.05) is 24.3 Å². The van der Waals surface area contributed by atoms with E-state index in [2.05, 4.69) is 38.2 Å². The third-order valence-corrected chi connectivity index (χ3v) is 4.64. The van der Waals surface area contributed by atoms with Gasteiger partial charge in [0.15, 0.2) is 0 Å². The number of aryl methyl sites for hydroxylation is 3. The number of ether oxygens (including phenoxy) is 1. The molecular formula is C18H21NO2S. The Labute approximate surface area is 136 Å². The third-order valence-electron chi connectivity index (χ3n) is 3.31. The van der Waals surface area contributed by atoms with Crippen molar-refractivity contribution in [2.24, 2.45) is 0 Å². The highest BCUT2D eigenvalue weighted by molar-refractivity contribution is 8.00. The van der Waals surface area contributed by atoms with E-state index in [-0.39, 0.29) is 5.91 Å². The number of amides is 1. The maximum Gasteiger partial charge on any atom is 0.234 e. The van der Waals surface area contributed by atoms with Gasteiger partial charge in [-0.15, -0.1) is 11.8 Å². The molecule has 0 radical (unpaired) electrons. The molecule has 2 aromatic rings. The van der Waals surface area contributed by atoms with Gasteiger partial charge in [-0.1, -0.05) is 23.8 Å². The van der Waals surface area contributed by atoms with Crippen LogP contribution in [-0.2, 0) is 4.79 Å². The van der Waals surface area contributed by atoms with Gasteiger partial charge in [0, 0.05) is 16.6 Å². The number of carbonyl (C=O) groups is 1. The van der Waals surface area contributed by atoms with Crippen molar-refractivity contribution in [2.75, 3.05) is 18.2 Å². The lowest BCUT2D eigenvalue weighted by Gasteiger charge is -2.11. The molecule has 22 heavy (non-hydrogen) atoms. The first-order valence-electron chi connectivity index (χ1n) is 7.14. The molecule has 0 bridgehead atoms. The van der Waals surface area contributed by atoms with Gasteiger partial charge in [-0.25, -0.2) is 0 Å². The van der Waals surface area contributed by atoms with Crippen LogP contribution in [0.2, 0.25) is 0 Å². The lowest BCUT2D eigenvalue weighted by Crippen LogP contribution is -2.14. The maximum absolute atomic E-state index is 12.1. The minimum atomic E-state index is -0.0161.